The SMILES string of the molecule is CC(=O)Nc1ccccc1CNc1cnccc1C(=O)O. The van der Waals surface area contributed by atoms with Crippen LogP contribution in [0.5, 0.6) is 0 Å². The Morgan fingerprint density at radius 3 is 2.67 bits per heavy atom. The lowest BCUT2D eigenvalue weighted by atomic mass is 10.1. The van der Waals surface area contributed by atoms with Gasteiger partial charge in [-0.3, -0.25) is 9.78 Å². The van der Waals surface area contributed by atoms with Crippen LogP contribution in [0.25, 0.3) is 0 Å². The molecule has 6 heteroatoms. The standard InChI is InChI=1S/C15H15N3O3/c1-10(19)18-13-5-3-2-4-11(13)8-17-14-9-16-7-6-12(14)15(20)21/h2-7,9,17H,8H2,1H3,(H,18,19)(H,20,21). The summed E-state index contributed by atoms with van der Waals surface area (Å²) in [6, 6.07) is 8.75. The van der Waals surface area contributed by atoms with Gasteiger partial charge in [0.05, 0.1) is 17.4 Å². The lowest BCUT2D eigenvalue weighted by Crippen LogP contribution is -2.11. The first-order valence-electron chi connectivity index (χ1n) is 6.34. The van der Waals surface area contributed by atoms with Crippen molar-refractivity contribution in [1.82, 2.24) is 4.98 Å². The molecule has 0 fully saturated rings. The molecule has 108 valence electrons. The summed E-state index contributed by atoms with van der Waals surface area (Å²) >= 11 is 0. The summed E-state index contributed by atoms with van der Waals surface area (Å²) in [5.41, 5.74) is 2.13. The molecule has 21 heavy (non-hydrogen) atoms. The number of carbonyl (C=O) groups is 2. The van der Waals surface area contributed by atoms with E-state index in [1.807, 2.05) is 18.2 Å². The normalized spacial score (nSPS) is 9.95. The molecule has 0 aliphatic rings. The first kappa shape index (κ1) is 14.5. The van der Waals surface area contributed by atoms with E-state index in [-0.39, 0.29) is 11.5 Å². The molecule has 0 spiro atoms. The van der Waals surface area contributed by atoms with Gasteiger partial charge in [0.1, 0.15) is 0 Å². The van der Waals surface area contributed by atoms with Crippen LogP contribution in [-0.2, 0) is 11.3 Å². The van der Waals surface area contributed by atoms with E-state index in [2.05, 4.69) is 15.6 Å². The maximum Gasteiger partial charge on any atom is 0.337 e. The Labute approximate surface area is 121 Å². The first-order valence-corrected chi connectivity index (χ1v) is 6.34. The van der Waals surface area contributed by atoms with Crippen molar-refractivity contribution in [2.24, 2.45) is 0 Å². The highest BCUT2D eigenvalue weighted by atomic mass is 16.4. The monoisotopic (exact) mass is 285 g/mol. The molecule has 2 rings (SSSR count). The Morgan fingerprint density at radius 1 is 1.19 bits per heavy atom. The third kappa shape index (κ3) is 3.79. The molecule has 0 radical (unpaired) electrons. The topological polar surface area (TPSA) is 91.3 Å². The van der Waals surface area contributed by atoms with E-state index >= 15 is 0 Å². The number of hydrogen-bond acceptors (Lipinski definition) is 4. The smallest absolute Gasteiger partial charge is 0.337 e. The van der Waals surface area contributed by atoms with Crippen molar-refractivity contribution >= 4 is 23.3 Å². The summed E-state index contributed by atoms with van der Waals surface area (Å²) in [5, 5.41) is 14.9. The number of anilines is 2. The number of nitrogens with one attached hydrogen (secondary N) is 2. The van der Waals surface area contributed by atoms with E-state index in [9.17, 15) is 9.59 Å². The van der Waals surface area contributed by atoms with Gasteiger partial charge in [-0.25, -0.2) is 4.79 Å². The van der Waals surface area contributed by atoms with E-state index in [4.69, 9.17) is 5.11 Å². The number of aromatic carboxylic acids is 1. The lowest BCUT2D eigenvalue weighted by molar-refractivity contribution is -0.114. The van der Waals surface area contributed by atoms with E-state index in [0.717, 1.165) is 5.56 Å². The molecule has 0 bridgehead atoms. The largest absolute Gasteiger partial charge is 0.478 e. The van der Waals surface area contributed by atoms with Gasteiger partial charge in [0.25, 0.3) is 0 Å². The Morgan fingerprint density at radius 2 is 1.95 bits per heavy atom. The molecule has 0 saturated heterocycles. The third-order valence-electron chi connectivity index (χ3n) is 2.85. The highest BCUT2D eigenvalue weighted by Crippen LogP contribution is 2.19. The lowest BCUT2D eigenvalue weighted by Gasteiger charge is -2.12. The molecule has 1 amide bonds. The number of carbonyl (C=O) groups excluding carboxylic acids is 1. The predicted molar refractivity (Wildman–Crippen MR) is 79.3 cm³/mol. The summed E-state index contributed by atoms with van der Waals surface area (Å²) in [6.07, 6.45) is 2.89. The molecule has 1 aromatic heterocycles. The average Bonchev–Trinajstić information content (AvgIpc) is 2.46. The minimum atomic E-state index is -1.02. The van der Waals surface area contributed by atoms with Crippen LogP contribution in [-0.4, -0.2) is 22.0 Å². The van der Waals surface area contributed by atoms with Crippen molar-refractivity contribution in [3.63, 3.8) is 0 Å². The average molecular weight is 285 g/mol. The molecule has 0 saturated carbocycles. The first-order chi connectivity index (χ1) is 10.1. The number of carboxylic acids is 1. The van der Waals surface area contributed by atoms with Crippen LogP contribution < -0.4 is 10.6 Å². The molecule has 0 atom stereocenters. The molecule has 1 heterocycles. The number of carboxylic acid groups (broad SMARTS) is 1. The summed E-state index contributed by atoms with van der Waals surface area (Å²) < 4.78 is 0. The van der Waals surface area contributed by atoms with Gasteiger partial charge in [-0.1, -0.05) is 18.2 Å². The van der Waals surface area contributed by atoms with Gasteiger partial charge in [-0.05, 0) is 17.7 Å². The molecule has 6 nitrogen and oxygen atoms in total. The number of benzene rings is 1. The minimum absolute atomic E-state index is 0.155. The number of pyridine rings is 1. The second-order valence-electron chi connectivity index (χ2n) is 4.42. The molecular formula is C15H15N3O3. The zero-order valence-electron chi connectivity index (χ0n) is 11.5. The van der Waals surface area contributed by atoms with Gasteiger partial charge in [-0.15, -0.1) is 0 Å². The Bertz CT molecular complexity index is 671. The summed E-state index contributed by atoms with van der Waals surface area (Å²) in [4.78, 5) is 26.2. The fourth-order valence-corrected chi connectivity index (χ4v) is 1.90. The van der Waals surface area contributed by atoms with Gasteiger partial charge < -0.3 is 15.7 Å². The van der Waals surface area contributed by atoms with E-state index in [0.29, 0.717) is 17.9 Å². The zero-order valence-corrected chi connectivity index (χ0v) is 11.5. The zero-order chi connectivity index (χ0) is 15.2. The molecular weight excluding hydrogens is 270 g/mol. The van der Waals surface area contributed by atoms with Crippen molar-refractivity contribution in [3.8, 4) is 0 Å². The second kappa shape index (κ2) is 6.51. The van der Waals surface area contributed by atoms with Crippen LogP contribution >= 0.6 is 0 Å². The quantitative estimate of drug-likeness (QED) is 0.784. The van der Waals surface area contributed by atoms with Crippen molar-refractivity contribution < 1.29 is 14.7 Å². The van der Waals surface area contributed by atoms with Crippen LogP contribution in [0.1, 0.15) is 22.8 Å². The molecule has 2 aromatic rings. The van der Waals surface area contributed by atoms with E-state index in [1.165, 1.54) is 25.4 Å². The highest BCUT2D eigenvalue weighted by Gasteiger charge is 2.10. The maximum absolute atomic E-state index is 11.2. The van der Waals surface area contributed by atoms with E-state index < -0.39 is 5.97 Å². The van der Waals surface area contributed by atoms with Gasteiger partial charge in [-0.2, -0.15) is 0 Å². The van der Waals surface area contributed by atoms with Crippen molar-refractivity contribution in [2.45, 2.75) is 13.5 Å². The number of amides is 1. The number of rotatable bonds is 5. The van der Waals surface area contributed by atoms with Crippen LogP contribution in [0.3, 0.4) is 0 Å². The summed E-state index contributed by atoms with van der Waals surface area (Å²) in [6.45, 7) is 1.82. The number of hydrogen-bond donors (Lipinski definition) is 3. The van der Waals surface area contributed by atoms with Gasteiger partial charge >= 0.3 is 5.97 Å². The van der Waals surface area contributed by atoms with E-state index in [1.54, 1.807) is 6.07 Å². The molecule has 1 aromatic carbocycles. The van der Waals surface area contributed by atoms with Crippen molar-refractivity contribution in [3.05, 3.63) is 53.9 Å². The fourth-order valence-electron chi connectivity index (χ4n) is 1.90. The van der Waals surface area contributed by atoms with Crippen molar-refractivity contribution in [2.75, 3.05) is 10.6 Å². The van der Waals surface area contributed by atoms with Crippen LogP contribution in [0, 0.1) is 0 Å². The Kier molecular flexibility index (Phi) is 4.50. The molecule has 0 unspecified atom stereocenters. The highest BCUT2D eigenvalue weighted by molar-refractivity contribution is 5.94. The van der Waals surface area contributed by atoms with Gasteiger partial charge in [0.2, 0.25) is 5.91 Å². The number of aromatic nitrogens is 1. The Balaban J connectivity index is 2.17. The van der Waals surface area contributed by atoms with Crippen LogP contribution in [0.15, 0.2) is 42.7 Å². The molecule has 3 N–H and O–H groups in total. The van der Waals surface area contributed by atoms with Crippen LogP contribution in [0.2, 0.25) is 0 Å². The van der Waals surface area contributed by atoms with Crippen molar-refractivity contribution in [1.29, 1.82) is 0 Å². The predicted octanol–water partition coefficient (Wildman–Crippen LogP) is 2.35. The van der Waals surface area contributed by atoms with Gasteiger partial charge in [0, 0.05) is 25.4 Å². The Hall–Kier alpha value is -2.89. The molecule has 0 aliphatic carbocycles. The minimum Gasteiger partial charge on any atom is -0.478 e. The third-order valence-corrected chi connectivity index (χ3v) is 2.85. The van der Waals surface area contributed by atoms with Crippen LogP contribution in [0.4, 0.5) is 11.4 Å². The number of nitrogens with zero attached hydrogens (tertiary/aromatic N) is 1. The fraction of sp³-hybridized carbons (Fsp3) is 0.133. The van der Waals surface area contributed by atoms with Gasteiger partial charge in [0.15, 0.2) is 0 Å². The maximum atomic E-state index is 11.2. The summed E-state index contributed by atoms with van der Waals surface area (Å²) in [5.74, 6) is -1.18. The second-order valence-corrected chi connectivity index (χ2v) is 4.42. The summed E-state index contributed by atoms with van der Waals surface area (Å²) in [7, 11) is 0. The number of para-hydroxylation sites is 1. The molecule has 0 aliphatic heterocycles.